The van der Waals surface area contributed by atoms with Crippen molar-refractivity contribution in [2.45, 2.75) is 19.8 Å². The first-order valence-corrected chi connectivity index (χ1v) is 14.1. The number of para-hydroxylation sites is 1. The number of nitrogens with zero attached hydrogens (tertiary/aromatic N) is 3. The Bertz CT molecular complexity index is 1390. The van der Waals surface area contributed by atoms with Gasteiger partial charge in [-0.3, -0.25) is 9.59 Å². The van der Waals surface area contributed by atoms with Gasteiger partial charge in [-0.1, -0.05) is 36.4 Å². The number of carbonyl (C=O) groups excluding carboxylic acids is 2. The fraction of sp³-hybridized carbons (Fsp3) is 0.394. The van der Waals surface area contributed by atoms with Gasteiger partial charge in [0.05, 0.1) is 27.2 Å². The van der Waals surface area contributed by atoms with Gasteiger partial charge in [0, 0.05) is 56.4 Å². The molecule has 0 unspecified atom stereocenters. The van der Waals surface area contributed by atoms with Gasteiger partial charge >= 0.3 is 0 Å². The van der Waals surface area contributed by atoms with E-state index >= 15 is 0 Å². The second-order valence-corrected chi connectivity index (χ2v) is 10.8. The third-order valence-corrected chi connectivity index (χ3v) is 8.46. The summed E-state index contributed by atoms with van der Waals surface area (Å²) in [4.78, 5) is 34.0. The molecule has 216 valence electrons. The van der Waals surface area contributed by atoms with Gasteiger partial charge in [0.2, 0.25) is 11.7 Å². The molecule has 2 aliphatic heterocycles. The fourth-order valence-electron chi connectivity index (χ4n) is 6.18. The zero-order valence-electron chi connectivity index (χ0n) is 24.6. The van der Waals surface area contributed by atoms with Crippen molar-refractivity contribution in [3.05, 3.63) is 82.9 Å². The lowest BCUT2D eigenvalue weighted by Crippen LogP contribution is -2.51. The molecule has 3 aromatic rings. The Kier molecular flexibility index (Phi) is 8.38. The first kappa shape index (κ1) is 28.3. The summed E-state index contributed by atoms with van der Waals surface area (Å²) in [6.07, 6.45) is 0. The molecule has 8 heteroatoms. The Hall–Kier alpha value is -4.20. The predicted octanol–water partition coefficient (Wildman–Crippen LogP) is 4.53. The van der Waals surface area contributed by atoms with Crippen LogP contribution in [0.1, 0.15) is 33.0 Å². The lowest BCUT2D eigenvalue weighted by molar-refractivity contribution is -0.135. The van der Waals surface area contributed by atoms with Crippen molar-refractivity contribution >= 4 is 17.5 Å². The molecule has 0 spiro atoms. The molecule has 5 rings (SSSR count). The van der Waals surface area contributed by atoms with E-state index in [-0.39, 0.29) is 17.7 Å². The van der Waals surface area contributed by atoms with Gasteiger partial charge < -0.3 is 28.9 Å². The summed E-state index contributed by atoms with van der Waals surface area (Å²) in [7, 11) is 4.74. The van der Waals surface area contributed by atoms with Crippen LogP contribution in [0.15, 0.2) is 60.7 Å². The molecule has 2 amide bonds. The number of anilines is 1. The molecule has 0 N–H and O–H groups in total. The molecular weight excluding hydrogens is 518 g/mol. The molecular formula is C33H39N3O5. The van der Waals surface area contributed by atoms with Gasteiger partial charge in [0.25, 0.3) is 5.91 Å². The predicted molar refractivity (Wildman–Crippen MR) is 159 cm³/mol. The smallest absolute Gasteiger partial charge is 0.254 e. The van der Waals surface area contributed by atoms with Crippen LogP contribution in [0.4, 0.5) is 5.69 Å². The zero-order valence-corrected chi connectivity index (χ0v) is 24.6. The molecule has 2 aliphatic rings. The molecule has 2 atom stereocenters. The van der Waals surface area contributed by atoms with Gasteiger partial charge in [-0.05, 0) is 54.8 Å². The van der Waals surface area contributed by atoms with Crippen molar-refractivity contribution in [3.8, 4) is 17.2 Å². The number of piperazine rings is 1. The third-order valence-electron chi connectivity index (χ3n) is 8.46. The Labute approximate surface area is 242 Å². The van der Waals surface area contributed by atoms with Crippen molar-refractivity contribution in [2.75, 3.05) is 65.5 Å². The van der Waals surface area contributed by atoms with Crippen LogP contribution in [0.2, 0.25) is 0 Å². The number of amides is 2. The van der Waals surface area contributed by atoms with Crippen LogP contribution in [0.25, 0.3) is 0 Å². The Morgan fingerprint density at radius 2 is 1.34 bits per heavy atom. The summed E-state index contributed by atoms with van der Waals surface area (Å²) in [5, 5.41) is 0. The minimum absolute atomic E-state index is 0.0554. The van der Waals surface area contributed by atoms with E-state index in [0.29, 0.717) is 49.0 Å². The molecule has 0 bridgehead atoms. The molecule has 0 saturated carbocycles. The first-order valence-electron chi connectivity index (χ1n) is 14.1. The van der Waals surface area contributed by atoms with E-state index in [1.54, 1.807) is 21.3 Å². The quantitative estimate of drug-likeness (QED) is 0.425. The van der Waals surface area contributed by atoms with Gasteiger partial charge in [0.1, 0.15) is 0 Å². The van der Waals surface area contributed by atoms with E-state index in [9.17, 15) is 9.59 Å². The summed E-state index contributed by atoms with van der Waals surface area (Å²) in [6, 6.07) is 19.8. The van der Waals surface area contributed by atoms with Crippen molar-refractivity contribution < 1.29 is 23.8 Å². The third kappa shape index (κ3) is 5.56. The summed E-state index contributed by atoms with van der Waals surface area (Å²) >= 11 is 0. The van der Waals surface area contributed by atoms with Crippen molar-refractivity contribution in [1.82, 2.24) is 9.80 Å². The van der Waals surface area contributed by atoms with E-state index in [2.05, 4.69) is 30.0 Å². The van der Waals surface area contributed by atoms with Crippen molar-refractivity contribution in [2.24, 2.45) is 5.92 Å². The van der Waals surface area contributed by atoms with Crippen LogP contribution in [0.5, 0.6) is 17.2 Å². The Balaban J connectivity index is 1.43. The van der Waals surface area contributed by atoms with Gasteiger partial charge in [-0.25, -0.2) is 0 Å². The molecule has 41 heavy (non-hydrogen) atoms. The normalized spacial score (nSPS) is 18.8. The maximum Gasteiger partial charge on any atom is 0.254 e. The maximum absolute atomic E-state index is 14.2. The average Bonchev–Trinajstić information content (AvgIpc) is 3.46. The Morgan fingerprint density at radius 3 is 1.93 bits per heavy atom. The number of carbonyl (C=O) groups is 2. The number of ether oxygens (including phenoxy) is 3. The highest BCUT2D eigenvalue weighted by Crippen LogP contribution is 2.44. The van der Waals surface area contributed by atoms with Crippen molar-refractivity contribution in [1.29, 1.82) is 0 Å². The van der Waals surface area contributed by atoms with Crippen LogP contribution >= 0.6 is 0 Å². The summed E-state index contributed by atoms with van der Waals surface area (Å²) in [6.45, 7) is 7.64. The summed E-state index contributed by atoms with van der Waals surface area (Å²) in [5.74, 6) is 0.967. The number of likely N-dealkylation sites (tertiary alicyclic amines) is 1. The molecule has 0 radical (unpaired) electrons. The largest absolute Gasteiger partial charge is 0.493 e. The van der Waals surface area contributed by atoms with Gasteiger partial charge in [0.15, 0.2) is 11.5 Å². The highest BCUT2D eigenvalue weighted by atomic mass is 16.5. The summed E-state index contributed by atoms with van der Waals surface area (Å²) in [5.41, 5.74) is 4.91. The molecule has 2 saturated heterocycles. The van der Waals surface area contributed by atoms with Crippen LogP contribution in [-0.4, -0.2) is 82.2 Å². The van der Waals surface area contributed by atoms with E-state index in [1.165, 1.54) is 11.3 Å². The second-order valence-electron chi connectivity index (χ2n) is 10.8. The molecule has 0 aromatic heterocycles. The zero-order chi connectivity index (χ0) is 29.1. The molecule has 3 aromatic carbocycles. The number of rotatable bonds is 7. The number of hydrogen-bond acceptors (Lipinski definition) is 6. The number of methoxy groups -OCH3 is 3. The maximum atomic E-state index is 14.2. The van der Waals surface area contributed by atoms with E-state index in [1.807, 2.05) is 59.2 Å². The monoisotopic (exact) mass is 557 g/mol. The molecule has 2 fully saturated rings. The minimum Gasteiger partial charge on any atom is -0.493 e. The van der Waals surface area contributed by atoms with Crippen LogP contribution in [0.3, 0.4) is 0 Å². The van der Waals surface area contributed by atoms with Crippen LogP contribution in [-0.2, 0) is 4.79 Å². The van der Waals surface area contributed by atoms with Gasteiger partial charge in [-0.2, -0.15) is 0 Å². The lowest BCUT2D eigenvalue weighted by atomic mass is 9.87. The van der Waals surface area contributed by atoms with Gasteiger partial charge in [-0.15, -0.1) is 0 Å². The van der Waals surface area contributed by atoms with Crippen LogP contribution in [0, 0.1) is 19.8 Å². The van der Waals surface area contributed by atoms with Crippen LogP contribution < -0.4 is 19.1 Å². The highest BCUT2D eigenvalue weighted by Gasteiger charge is 2.43. The number of hydrogen-bond donors (Lipinski definition) is 0. The molecule has 2 heterocycles. The summed E-state index contributed by atoms with van der Waals surface area (Å²) < 4.78 is 16.8. The standard InChI is InChI=1S/C33H39N3O5/c1-22-10-6-8-12-25(22)32(37)36-20-26(24-18-29(39-3)31(41-5)30(19-24)40-4)27(21-36)33(38)35-16-14-34(15-17-35)28-13-9-7-11-23(28)2/h6-13,18-19,26-27H,14-17,20-21H2,1-5H3/t26-,27+/m0/s1. The number of aryl methyl sites for hydroxylation is 2. The SMILES string of the molecule is COc1cc([C@@H]2CN(C(=O)c3ccccc3C)C[C@H]2C(=O)N2CCN(c3ccccc3C)CC2)cc(OC)c1OC. The van der Waals surface area contributed by atoms with E-state index in [0.717, 1.165) is 24.2 Å². The average molecular weight is 558 g/mol. The van der Waals surface area contributed by atoms with Crippen molar-refractivity contribution in [3.63, 3.8) is 0 Å². The molecule has 0 aliphatic carbocycles. The van der Waals surface area contributed by atoms with E-state index in [4.69, 9.17) is 14.2 Å². The highest BCUT2D eigenvalue weighted by molar-refractivity contribution is 5.96. The molecule has 8 nitrogen and oxygen atoms in total. The van der Waals surface area contributed by atoms with E-state index < -0.39 is 5.92 Å². The first-order chi connectivity index (χ1) is 19.9. The Morgan fingerprint density at radius 1 is 0.732 bits per heavy atom. The lowest BCUT2D eigenvalue weighted by Gasteiger charge is -2.38. The second kappa shape index (κ2) is 12.1. The fourth-order valence-corrected chi connectivity index (χ4v) is 6.18. The minimum atomic E-state index is -0.393. The topological polar surface area (TPSA) is 71.6 Å². The number of benzene rings is 3.